The van der Waals surface area contributed by atoms with Crippen LogP contribution in [-0.2, 0) is 11.3 Å². The molecule has 0 fully saturated rings. The lowest BCUT2D eigenvalue weighted by molar-refractivity contribution is 0.0602. The van der Waals surface area contributed by atoms with Gasteiger partial charge >= 0.3 is 12.0 Å². The Morgan fingerprint density at radius 1 is 1.04 bits per heavy atom. The number of methoxy groups -OCH3 is 1. The summed E-state index contributed by atoms with van der Waals surface area (Å²) in [7, 11) is 1.32. The summed E-state index contributed by atoms with van der Waals surface area (Å²) in [6.07, 6.45) is 0. The first-order valence-electron chi connectivity index (χ1n) is 7.30. The van der Waals surface area contributed by atoms with Gasteiger partial charge in [-0.15, -0.1) is 0 Å². The van der Waals surface area contributed by atoms with Crippen molar-refractivity contribution in [1.29, 1.82) is 0 Å². The third-order valence-electron chi connectivity index (χ3n) is 3.68. The molecule has 0 unspecified atom stereocenters. The van der Waals surface area contributed by atoms with Crippen molar-refractivity contribution in [1.82, 2.24) is 5.32 Å². The summed E-state index contributed by atoms with van der Waals surface area (Å²) in [4.78, 5) is 24.0. The molecule has 0 bridgehead atoms. The highest BCUT2D eigenvalue weighted by atomic mass is 16.5. The summed E-state index contributed by atoms with van der Waals surface area (Å²) < 4.78 is 4.77. The molecule has 0 saturated carbocycles. The predicted molar refractivity (Wildman–Crippen MR) is 89.6 cm³/mol. The van der Waals surface area contributed by atoms with Gasteiger partial charge in [-0.25, -0.2) is 9.59 Å². The van der Waals surface area contributed by atoms with E-state index in [1.807, 2.05) is 50.2 Å². The fourth-order valence-electron chi connectivity index (χ4n) is 2.19. The van der Waals surface area contributed by atoms with Gasteiger partial charge in [0.25, 0.3) is 0 Å². The molecule has 5 nitrogen and oxygen atoms in total. The second kappa shape index (κ2) is 7.45. The Hall–Kier alpha value is -2.82. The first-order valence-corrected chi connectivity index (χ1v) is 7.30. The molecule has 0 aliphatic heterocycles. The number of benzene rings is 2. The van der Waals surface area contributed by atoms with Crippen molar-refractivity contribution in [2.75, 3.05) is 12.4 Å². The quantitative estimate of drug-likeness (QED) is 0.850. The minimum atomic E-state index is -0.480. The first kappa shape index (κ1) is 16.5. The monoisotopic (exact) mass is 312 g/mol. The maximum atomic E-state index is 12.1. The molecule has 0 aromatic heterocycles. The number of carbonyl (C=O) groups excluding carboxylic acids is 2. The van der Waals surface area contributed by atoms with Crippen molar-refractivity contribution < 1.29 is 14.3 Å². The van der Waals surface area contributed by atoms with Crippen LogP contribution < -0.4 is 10.6 Å². The Bertz CT molecular complexity index is 712. The van der Waals surface area contributed by atoms with E-state index in [0.29, 0.717) is 17.8 Å². The van der Waals surface area contributed by atoms with Crippen molar-refractivity contribution in [2.24, 2.45) is 0 Å². The lowest BCUT2D eigenvalue weighted by atomic mass is 10.0. The fourth-order valence-corrected chi connectivity index (χ4v) is 2.19. The topological polar surface area (TPSA) is 67.4 Å². The van der Waals surface area contributed by atoms with Gasteiger partial charge in [-0.1, -0.05) is 36.4 Å². The number of nitrogens with one attached hydrogen (secondary N) is 2. The maximum Gasteiger partial charge on any atom is 0.339 e. The lowest BCUT2D eigenvalue weighted by Crippen LogP contribution is -2.29. The van der Waals surface area contributed by atoms with Gasteiger partial charge in [-0.3, -0.25) is 0 Å². The highest BCUT2D eigenvalue weighted by molar-refractivity contribution is 6.02. The van der Waals surface area contributed by atoms with E-state index in [1.165, 1.54) is 7.11 Å². The average molecular weight is 312 g/mol. The number of aryl methyl sites for hydroxylation is 1. The van der Waals surface area contributed by atoms with E-state index in [4.69, 9.17) is 4.74 Å². The molecule has 0 aliphatic rings. The van der Waals surface area contributed by atoms with Gasteiger partial charge in [-0.2, -0.15) is 0 Å². The molecule has 2 aromatic rings. The van der Waals surface area contributed by atoms with Crippen LogP contribution in [0.25, 0.3) is 0 Å². The molecular weight excluding hydrogens is 292 g/mol. The van der Waals surface area contributed by atoms with Gasteiger partial charge in [0, 0.05) is 6.54 Å². The van der Waals surface area contributed by atoms with Crippen LogP contribution >= 0.6 is 0 Å². The van der Waals surface area contributed by atoms with Crippen LogP contribution in [0.5, 0.6) is 0 Å². The number of hydrogen-bond donors (Lipinski definition) is 2. The first-order chi connectivity index (χ1) is 11.0. The van der Waals surface area contributed by atoms with E-state index in [2.05, 4.69) is 10.6 Å². The van der Waals surface area contributed by atoms with Crippen LogP contribution in [0.2, 0.25) is 0 Å². The van der Waals surface area contributed by atoms with Gasteiger partial charge in [-0.05, 0) is 36.6 Å². The largest absolute Gasteiger partial charge is 0.465 e. The normalized spacial score (nSPS) is 10.0. The molecule has 0 aliphatic carbocycles. The number of hydrogen-bond acceptors (Lipinski definition) is 3. The number of carbonyl (C=O) groups is 2. The minimum Gasteiger partial charge on any atom is -0.465 e. The zero-order chi connectivity index (χ0) is 16.8. The lowest BCUT2D eigenvalue weighted by Gasteiger charge is -2.15. The third kappa shape index (κ3) is 4.10. The van der Waals surface area contributed by atoms with E-state index >= 15 is 0 Å². The Balaban J connectivity index is 2.13. The SMILES string of the molecule is COC(=O)c1ccc(C)c(C)c1NC(=O)NCc1ccccc1. The summed E-state index contributed by atoms with van der Waals surface area (Å²) >= 11 is 0. The highest BCUT2D eigenvalue weighted by Crippen LogP contribution is 2.24. The molecule has 2 rings (SSSR count). The number of rotatable bonds is 4. The Morgan fingerprint density at radius 2 is 1.74 bits per heavy atom. The number of ether oxygens (including phenoxy) is 1. The standard InChI is InChI=1S/C18H20N2O3/c1-12-9-10-15(17(21)23-3)16(13(12)2)20-18(22)19-11-14-7-5-4-6-8-14/h4-10H,11H2,1-3H3,(H2,19,20,22). The zero-order valence-corrected chi connectivity index (χ0v) is 13.5. The van der Waals surface area contributed by atoms with Gasteiger partial charge in [0.2, 0.25) is 0 Å². The fraction of sp³-hybridized carbons (Fsp3) is 0.222. The third-order valence-corrected chi connectivity index (χ3v) is 3.68. The molecular formula is C18H20N2O3. The molecule has 120 valence electrons. The van der Waals surface area contributed by atoms with Crippen LogP contribution in [0.3, 0.4) is 0 Å². The van der Waals surface area contributed by atoms with Crippen LogP contribution in [0.1, 0.15) is 27.0 Å². The molecule has 5 heteroatoms. The number of urea groups is 1. The summed E-state index contributed by atoms with van der Waals surface area (Å²) in [6, 6.07) is 12.7. The Labute approximate surface area is 135 Å². The molecule has 0 saturated heterocycles. The van der Waals surface area contributed by atoms with Crippen LogP contribution in [0.15, 0.2) is 42.5 Å². The van der Waals surface area contributed by atoms with E-state index in [9.17, 15) is 9.59 Å². The van der Waals surface area contributed by atoms with E-state index in [-0.39, 0.29) is 6.03 Å². The van der Waals surface area contributed by atoms with E-state index in [1.54, 1.807) is 6.07 Å². The van der Waals surface area contributed by atoms with E-state index in [0.717, 1.165) is 16.7 Å². The van der Waals surface area contributed by atoms with Gasteiger partial charge in [0.1, 0.15) is 0 Å². The van der Waals surface area contributed by atoms with Crippen molar-refractivity contribution in [2.45, 2.75) is 20.4 Å². The average Bonchev–Trinajstić information content (AvgIpc) is 2.57. The second-order valence-electron chi connectivity index (χ2n) is 5.21. The van der Waals surface area contributed by atoms with E-state index < -0.39 is 5.97 Å². The smallest absolute Gasteiger partial charge is 0.339 e. The summed E-state index contributed by atoms with van der Waals surface area (Å²) in [6.45, 7) is 4.18. The number of amides is 2. The predicted octanol–water partition coefficient (Wildman–Crippen LogP) is 3.41. The molecule has 0 heterocycles. The number of anilines is 1. The molecule has 0 spiro atoms. The van der Waals surface area contributed by atoms with Gasteiger partial charge in [0.05, 0.1) is 18.4 Å². The summed E-state index contributed by atoms with van der Waals surface area (Å²) in [5.41, 5.74) is 3.63. The van der Waals surface area contributed by atoms with Crippen molar-refractivity contribution in [3.05, 3.63) is 64.7 Å². The Kier molecular flexibility index (Phi) is 5.36. The van der Waals surface area contributed by atoms with Crippen molar-refractivity contribution in [3.63, 3.8) is 0 Å². The second-order valence-corrected chi connectivity index (χ2v) is 5.21. The summed E-state index contributed by atoms with van der Waals surface area (Å²) in [5, 5.41) is 5.53. The van der Waals surface area contributed by atoms with Crippen molar-refractivity contribution in [3.8, 4) is 0 Å². The minimum absolute atomic E-state index is 0.338. The molecule has 0 radical (unpaired) electrons. The molecule has 2 N–H and O–H groups in total. The van der Waals surface area contributed by atoms with Crippen LogP contribution in [-0.4, -0.2) is 19.1 Å². The Morgan fingerprint density at radius 3 is 2.39 bits per heavy atom. The van der Waals surface area contributed by atoms with Crippen molar-refractivity contribution >= 4 is 17.7 Å². The van der Waals surface area contributed by atoms with Gasteiger partial charge in [0.15, 0.2) is 0 Å². The highest BCUT2D eigenvalue weighted by Gasteiger charge is 2.17. The van der Waals surface area contributed by atoms with Gasteiger partial charge < -0.3 is 15.4 Å². The zero-order valence-electron chi connectivity index (χ0n) is 13.5. The maximum absolute atomic E-state index is 12.1. The summed E-state index contributed by atoms with van der Waals surface area (Å²) in [5.74, 6) is -0.480. The molecule has 23 heavy (non-hydrogen) atoms. The van der Waals surface area contributed by atoms with Crippen LogP contribution in [0.4, 0.5) is 10.5 Å². The van der Waals surface area contributed by atoms with Crippen LogP contribution in [0, 0.1) is 13.8 Å². The number of esters is 1. The molecule has 2 amide bonds. The molecule has 0 atom stereocenters. The molecule has 2 aromatic carbocycles.